The van der Waals surface area contributed by atoms with Crippen molar-refractivity contribution in [2.75, 3.05) is 7.11 Å². The lowest BCUT2D eigenvalue weighted by Gasteiger charge is -2.16. The largest absolute Gasteiger partial charge is 0.507 e. The Labute approximate surface area is 109 Å². The van der Waals surface area contributed by atoms with Crippen LogP contribution >= 0.6 is 0 Å². The number of phenols is 1. The predicted octanol–water partition coefficient (Wildman–Crippen LogP) is 2.93. The maximum atomic E-state index is 13.8. The molecule has 0 heterocycles. The van der Waals surface area contributed by atoms with Gasteiger partial charge >= 0.3 is 5.97 Å². The summed E-state index contributed by atoms with van der Waals surface area (Å²) in [5, 5.41) is 10.3. The van der Waals surface area contributed by atoms with Crippen molar-refractivity contribution < 1.29 is 23.8 Å². The monoisotopic (exact) mass is 264 g/mol. The van der Waals surface area contributed by atoms with E-state index in [1.54, 1.807) is 13.0 Å². The summed E-state index contributed by atoms with van der Waals surface area (Å²) >= 11 is 0. The van der Waals surface area contributed by atoms with Crippen LogP contribution in [0.25, 0.3) is 10.8 Å². The second kappa shape index (κ2) is 4.76. The molecule has 0 radical (unpaired) electrons. The summed E-state index contributed by atoms with van der Waals surface area (Å²) in [6, 6.07) is 4.25. The molecule has 0 fully saturated rings. The Kier molecular flexibility index (Phi) is 3.29. The van der Waals surface area contributed by atoms with E-state index >= 15 is 0 Å². The quantitative estimate of drug-likeness (QED) is 0.669. The van der Waals surface area contributed by atoms with Gasteiger partial charge in [0.25, 0.3) is 0 Å². The molecule has 2 aromatic carbocycles. The molecule has 0 unspecified atom stereocenters. The summed E-state index contributed by atoms with van der Waals surface area (Å²) < 4.78 is 24.1. The summed E-state index contributed by atoms with van der Waals surface area (Å²) in [5.74, 6) is -1.03. The molecule has 0 aliphatic carbocycles. The Morgan fingerprint density at radius 2 is 2.00 bits per heavy atom. The highest BCUT2D eigenvalue weighted by Gasteiger charge is 2.21. The Bertz CT molecular complexity index is 664. The minimum Gasteiger partial charge on any atom is -0.507 e. The van der Waals surface area contributed by atoms with E-state index in [2.05, 4.69) is 0 Å². The molecule has 2 rings (SSSR count). The van der Waals surface area contributed by atoms with Crippen LogP contribution in [0, 0.1) is 12.7 Å². The standard InChI is InChI=1S/C14H13FO4/c1-7-12(17)11-9(5-4-6-10(11)15)14(13(7)18-3)19-8(2)16/h4-6,17H,1-3H3. The lowest BCUT2D eigenvalue weighted by Crippen LogP contribution is -2.05. The van der Waals surface area contributed by atoms with Crippen LogP contribution in [0.3, 0.4) is 0 Å². The average molecular weight is 264 g/mol. The van der Waals surface area contributed by atoms with Crippen LogP contribution in [0.1, 0.15) is 12.5 Å². The maximum absolute atomic E-state index is 13.8. The molecule has 0 atom stereocenters. The minimum absolute atomic E-state index is 0.0112. The third-order valence-corrected chi connectivity index (χ3v) is 2.85. The van der Waals surface area contributed by atoms with Crippen LogP contribution in [0.5, 0.6) is 17.2 Å². The Morgan fingerprint density at radius 3 is 2.58 bits per heavy atom. The van der Waals surface area contributed by atoms with Crippen molar-refractivity contribution in [3.8, 4) is 17.2 Å². The van der Waals surface area contributed by atoms with Gasteiger partial charge in [0.1, 0.15) is 11.6 Å². The lowest BCUT2D eigenvalue weighted by molar-refractivity contribution is -0.131. The molecule has 4 nitrogen and oxygen atoms in total. The van der Waals surface area contributed by atoms with E-state index in [1.807, 2.05) is 0 Å². The number of phenolic OH excluding ortho intramolecular Hbond substituents is 1. The second-order valence-corrected chi connectivity index (χ2v) is 4.09. The van der Waals surface area contributed by atoms with Gasteiger partial charge in [-0.3, -0.25) is 4.79 Å². The number of fused-ring (bicyclic) bond motifs is 1. The first kappa shape index (κ1) is 13.1. The van der Waals surface area contributed by atoms with Crippen LogP contribution < -0.4 is 9.47 Å². The number of hydrogen-bond donors (Lipinski definition) is 1. The molecule has 0 aromatic heterocycles. The number of halogens is 1. The average Bonchev–Trinajstić information content (AvgIpc) is 2.35. The molecule has 0 saturated heterocycles. The van der Waals surface area contributed by atoms with E-state index in [0.717, 1.165) is 0 Å². The fourth-order valence-electron chi connectivity index (χ4n) is 2.03. The molecule has 1 N–H and O–H groups in total. The first-order valence-electron chi connectivity index (χ1n) is 5.63. The van der Waals surface area contributed by atoms with Crippen LogP contribution in [-0.4, -0.2) is 18.2 Å². The number of ether oxygens (including phenoxy) is 2. The Hall–Kier alpha value is -2.30. The minimum atomic E-state index is -0.589. The molecule has 100 valence electrons. The van der Waals surface area contributed by atoms with Crippen molar-refractivity contribution in [2.24, 2.45) is 0 Å². The van der Waals surface area contributed by atoms with Crippen LogP contribution in [-0.2, 0) is 4.79 Å². The van der Waals surface area contributed by atoms with Gasteiger partial charge in [-0.2, -0.15) is 0 Å². The van der Waals surface area contributed by atoms with E-state index in [-0.39, 0.29) is 28.0 Å². The molecule has 2 aromatic rings. The van der Waals surface area contributed by atoms with Gasteiger partial charge in [0.2, 0.25) is 0 Å². The number of benzene rings is 2. The molecule has 0 aliphatic rings. The zero-order valence-electron chi connectivity index (χ0n) is 10.8. The van der Waals surface area contributed by atoms with Gasteiger partial charge in [-0.1, -0.05) is 12.1 Å². The van der Waals surface area contributed by atoms with Crippen molar-refractivity contribution >= 4 is 16.7 Å². The highest BCUT2D eigenvalue weighted by Crippen LogP contribution is 2.45. The summed E-state index contributed by atoms with van der Waals surface area (Å²) in [4.78, 5) is 11.2. The van der Waals surface area contributed by atoms with E-state index in [0.29, 0.717) is 5.56 Å². The second-order valence-electron chi connectivity index (χ2n) is 4.09. The fraction of sp³-hybridized carbons (Fsp3) is 0.214. The van der Waals surface area contributed by atoms with Crippen molar-refractivity contribution in [3.63, 3.8) is 0 Å². The summed E-state index contributed by atoms with van der Waals surface area (Å²) in [5.41, 5.74) is 0.316. The Balaban J connectivity index is 2.93. The first-order chi connectivity index (χ1) is 8.97. The van der Waals surface area contributed by atoms with E-state index < -0.39 is 11.8 Å². The van der Waals surface area contributed by atoms with Gasteiger partial charge < -0.3 is 14.6 Å². The molecule has 5 heteroatoms. The number of aromatic hydroxyl groups is 1. The van der Waals surface area contributed by atoms with Gasteiger partial charge in [0, 0.05) is 17.9 Å². The lowest BCUT2D eigenvalue weighted by atomic mass is 10.0. The van der Waals surface area contributed by atoms with Gasteiger partial charge in [-0.05, 0) is 13.0 Å². The molecular formula is C14H13FO4. The van der Waals surface area contributed by atoms with E-state index in [9.17, 15) is 14.3 Å². The number of rotatable bonds is 2. The van der Waals surface area contributed by atoms with E-state index in [1.165, 1.54) is 26.2 Å². The number of hydrogen-bond acceptors (Lipinski definition) is 4. The molecule has 19 heavy (non-hydrogen) atoms. The molecule has 0 saturated carbocycles. The van der Waals surface area contributed by atoms with Gasteiger partial charge in [-0.15, -0.1) is 0 Å². The van der Waals surface area contributed by atoms with Crippen molar-refractivity contribution in [1.82, 2.24) is 0 Å². The first-order valence-corrected chi connectivity index (χ1v) is 5.63. The van der Waals surface area contributed by atoms with Crippen molar-refractivity contribution in [1.29, 1.82) is 0 Å². The van der Waals surface area contributed by atoms with Crippen molar-refractivity contribution in [3.05, 3.63) is 29.6 Å². The van der Waals surface area contributed by atoms with E-state index in [4.69, 9.17) is 9.47 Å². The number of methoxy groups -OCH3 is 1. The third kappa shape index (κ3) is 2.07. The van der Waals surface area contributed by atoms with Gasteiger partial charge in [0.15, 0.2) is 11.5 Å². The third-order valence-electron chi connectivity index (χ3n) is 2.85. The number of esters is 1. The summed E-state index contributed by atoms with van der Waals surface area (Å²) in [7, 11) is 1.39. The number of carbonyl (C=O) groups excluding carboxylic acids is 1. The highest BCUT2D eigenvalue weighted by molar-refractivity contribution is 5.98. The van der Waals surface area contributed by atoms with Crippen molar-refractivity contribution in [2.45, 2.75) is 13.8 Å². The normalized spacial score (nSPS) is 10.5. The zero-order chi connectivity index (χ0) is 14.2. The predicted molar refractivity (Wildman–Crippen MR) is 68.2 cm³/mol. The summed E-state index contributed by atoms with van der Waals surface area (Å²) in [6.07, 6.45) is 0. The number of carbonyl (C=O) groups is 1. The molecule has 0 aliphatic heterocycles. The topological polar surface area (TPSA) is 55.8 Å². The van der Waals surface area contributed by atoms with Gasteiger partial charge in [-0.25, -0.2) is 4.39 Å². The smallest absolute Gasteiger partial charge is 0.308 e. The van der Waals surface area contributed by atoms with Crippen LogP contribution in [0.15, 0.2) is 18.2 Å². The van der Waals surface area contributed by atoms with Crippen LogP contribution in [0.4, 0.5) is 4.39 Å². The SMILES string of the molecule is COc1c(C)c(O)c2c(F)cccc2c1OC(C)=O. The zero-order valence-corrected chi connectivity index (χ0v) is 10.8. The van der Waals surface area contributed by atoms with Gasteiger partial charge in [0.05, 0.1) is 12.5 Å². The molecule has 0 spiro atoms. The Morgan fingerprint density at radius 1 is 1.32 bits per heavy atom. The summed E-state index contributed by atoms with van der Waals surface area (Å²) in [6.45, 7) is 2.81. The van der Waals surface area contributed by atoms with Crippen LogP contribution in [0.2, 0.25) is 0 Å². The fourth-order valence-corrected chi connectivity index (χ4v) is 2.03. The molecule has 0 bridgehead atoms. The highest BCUT2D eigenvalue weighted by atomic mass is 19.1. The molecule has 0 amide bonds. The molecular weight excluding hydrogens is 251 g/mol. The maximum Gasteiger partial charge on any atom is 0.308 e.